The Kier molecular flexibility index (Phi) is 3.46. The van der Waals surface area contributed by atoms with E-state index < -0.39 is 0 Å². The summed E-state index contributed by atoms with van der Waals surface area (Å²) < 4.78 is 17.5. The molecule has 3 rings (SSSR count). The normalized spacial score (nSPS) is 20.2. The number of rotatable bonds is 3. The van der Waals surface area contributed by atoms with Crippen molar-refractivity contribution in [3.05, 3.63) is 47.7 Å². The third-order valence-electron chi connectivity index (χ3n) is 4.46. The summed E-state index contributed by atoms with van der Waals surface area (Å²) in [7, 11) is 0. The highest BCUT2D eigenvalue weighted by atomic mass is 16.7. The molecule has 0 amide bonds. The van der Waals surface area contributed by atoms with Gasteiger partial charge in [-0.1, -0.05) is 24.3 Å². The molecule has 1 saturated heterocycles. The van der Waals surface area contributed by atoms with Gasteiger partial charge in [0.15, 0.2) is 18.3 Å². The minimum absolute atomic E-state index is 0.324. The van der Waals surface area contributed by atoms with Gasteiger partial charge in [-0.25, -0.2) is 0 Å². The number of hydrogen-bond donors (Lipinski definition) is 0. The second kappa shape index (κ2) is 5.07. The summed E-state index contributed by atoms with van der Waals surface area (Å²) in [5.74, 6) is 0.993. The first-order chi connectivity index (χ1) is 10.3. The SMILES string of the molecule is CC1(C)OC(c2ccc(-c3ccc(C=O)o3)cc2)OC1(C)C. The van der Waals surface area contributed by atoms with Crippen molar-refractivity contribution in [1.82, 2.24) is 0 Å². The van der Waals surface area contributed by atoms with Crippen molar-refractivity contribution in [2.24, 2.45) is 0 Å². The van der Waals surface area contributed by atoms with Gasteiger partial charge in [0.2, 0.25) is 0 Å². The maximum absolute atomic E-state index is 10.7. The Morgan fingerprint density at radius 3 is 2.00 bits per heavy atom. The van der Waals surface area contributed by atoms with Crippen LogP contribution in [0.1, 0.15) is 50.1 Å². The third kappa shape index (κ3) is 2.49. The van der Waals surface area contributed by atoms with E-state index in [1.165, 1.54) is 0 Å². The Balaban J connectivity index is 1.82. The summed E-state index contributed by atoms with van der Waals surface area (Å²) in [6.45, 7) is 8.13. The maximum Gasteiger partial charge on any atom is 0.185 e. The first kappa shape index (κ1) is 15.0. The molecule has 4 heteroatoms. The Labute approximate surface area is 130 Å². The van der Waals surface area contributed by atoms with Gasteiger partial charge in [0.25, 0.3) is 0 Å². The van der Waals surface area contributed by atoms with Crippen LogP contribution in [0.2, 0.25) is 0 Å². The molecule has 1 fully saturated rings. The predicted molar refractivity (Wildman–Crippen MR) is 82.6 cm³/mol. The van der Waals surface area contributed by atoms with Crippen molar-refractivity contribution in [2.45, 2.75) is 45.2 Å². The van der Waals surface area contributed by atoms with Gasteiger partial charge in [0, 0.05) is 11.1 Å². The lowest BCUT2D eigenvalue weighted by Gasteiger charge is -2.30. The van der Waals surface area contributed by atoms with Crippen LogP contribution in [-0.4, -0.2) is 17.5 Å². The third-order valence-corrected chi connectivity index (χ3v) is 4.46. The smallest absolute Gasteiger partial charge is 0.185 e. The summed E-state index contributed by atoms with van der Waals surface area (Å²) in [5, 5.41) is 0. The predicted octanol–water partition coefficient (Wildman–Crippen LogP) is 4.36. The van der Waals surface area contributed by atoms with Crippen molar-refractivity contribution in [3.63, 3.8) is 0 Å². The lowest BCUT2D eigenvalue weighted by atomic mass is 9.90. The molecule has 0 unspecified atom stereocenters. The highest BCUT2D eigenvalue weighted by Gasteiger charge is 2.49. The molecule has 0 radical (unpaired) electrons. The fourth-order valence-corrected chi connectivity index (χ4v) is 2.35. The summed E-state index contributed by atoms with van der Waals surface area (Å²) >= 11 is 0. The topological polar surface area (TPSA) is 48.7 Å². The number of furan rings is 1. The van der Waals surface area contributed by atoms with Crippen molar-refractivity contribution < 1.29 is 18.7 Å². The van der Waals surface area contributed by atoms with Gasteiger partial charge in [0.1, 0.15) is 5.76 Å². The van der Waals surface area contributed by atoms with Crippen LogP contribution in [0.25, 0.3) is 11.3 Å². The minimum Gasteiger partial charge on any atom is -0.453 e. The zero-order valence-corrected chi connectivity index (χ0v) is 13.3. The molecular formula is C18H20O4. The van der Waals surface area contributed by atoms with E-state index in [-0.39, 0.29) is 17.5 Å². The van der Waals surface area contributed by atoms with Gasteiger partial charge in [-0.3, -0.25) is 4.79 Å². The second-order valence-corrected chi connectivity index (χ2v) is 6.53. The zero-order chi connectivity index (χ0) is 16.0. The van der Waals surface area contributed by atoms with Crippen LogP contribution >= 0.6 is 0 Å². The van der Waals surface area contributed by atoms with E-state index in [2.05, 4.69) is 0 Å². The molecule has 22 heavy (non-hydrogen) atoms. The van der Waals surface area contributed by atoms with Crippen molar-refractivity contribution >= 4 is 6.29 Å². The molecule has 2 heterocycles. The lowest BCUT2D eigenvalue weighted by Crippen LogP contribution is -2.41. The standard InChI is InChI=1S/C18H20O4/c1-17(2)18(3,4)22-16(21-17)13-7-5-12(6-8-13)15-10-9-14(11-19)20-15/h5-11,16H,1-4H3. The van der Waals surface area contributed by atoms with Crippen LogP contribution in [0.4, 0.5) is 0 Å². The van der Waals surface area contributed by atoms with Crippen LogP contribution < -0.4 is 0 Å². The number of carbonyl (C=O) groups is 1. The van der Waals surface area contributed by atoms with Gasteiger partial charge >= 0.3 is 0 Å². The van der Waals surface area contributed by atoms with Gasteiger partial charge in [-0.2, -0.15) is 0 Å². The van der Waals surface area contributed by atoms with Crippen molar-refractivity contribution in [3.8, 4) is 11.3 Å². The fraction of sp³-hybridized carbons (Fsp3) is 0.389. The summed E-state index contributed by atoms with van der Waals surface area (Å²) in [4.78, 5) is 10.7. The van der Waals surface area contributed by atoms with Gasteiger partial charge in [-0.15, -0.1) is 0 Å². The molecule has 0 saturated carbocycles. The van der Waals surface area contributed by atoms with Crippen LogP contribution in [0.15, 0.2) is 40.8 Å². The van der Waals surface area contributed by atoms with E-state index in [9.17, 15) is 4.79 Å². The molecule has 0 spiro atoms. The molecule has 1 aliphatic heterocycles. The summed E-state index contributed by atoms with van der Waals surface area (Å²) in [5.41, 5.74) is 1.17. The molecule has 0 N–H and O–H groups in total. The van der Waals surface area contributed by atoms with Gasteiger partial charge in [0.05, 0.1) is 11.2 Å². The molecule has 4 nitrogen and oxygen atoms in total. The monoisotopic (exact) mass is 300 g/mol. The first-order valence-corrected chi connectivity index (χ1v) is 7.33. The maximum atomic E-state index is 10.7. The van der Waals surface area contributed by atoms with E-state index in [0.29, 0.717) is 17.8 Å². The van der Waals surface area contributed by atoms with E-state index in [1.807, 2.05) is 52.0 Å². The molecular weight excluding hydrogens is 280 g/mol. The Morgan fingerprint density at radius 1 is 0.909 bits per heavy atom. The van der Waals surface area contributed by atoms with E-state index in [1.54, 1.807) is 12.1 Å². The highest BCUT2D eigenvalue weighted by molar-refractivity contribution is 5.72. The van der Waals surface area contributed by atoms with Crippen molar-refractivity contribution in [2.75, 3.05) is 0 Å². The summed E-state index contributed by atoms with van der Waals surface area (Å²) in [6, 6.07) is 11.2. The van der Waals surface area contributed by atoms with Crippen LogP contribution in [0, 0.1) is 0 Å². The lowest BCUT2D eigenvalue weighted by molar-refractivity contribution is -0.0895. The van der Waals surface area contributed by atoms with Gasteiger partial charge < -0.3 is 13.9 Å². The van der Waals surface area contributed by atoms with Gasteiger partial charge in [-0.05, 0) is 39.8 Å². The first-order valence-electron chi connectivity index (χ1n) is 7.33. The highest BCUT2D eigenvalue weighted by Crippen LogP contribution is 2.44. The average molecular weight is 300 g/mol. The van der Waals surface area contributed by atoms with E-state index >= 15 is 0 Å². The molecule has 0 aliphatic carbocycles. The fourth-order valence-electron chi connectivity index (χ4n) is 2.35. The van der Waals surface area contributed by atoms with Crippen LogP contribution in [-0.2, 0) is 9.47 Å². The Hall–Kier alpha value is -1.91. The molecule has 1 aromatic carbocycles. The molecule has 0 atom stereocenters. The van der Waals surface area contributed by atoms with Crippen LogP contribution in [0.3, 0.4) is 0 Å². The van der Waals surface area contributed by atoms with E-state index in [0.717, 1.165) is 11.1 Å². The largest absolute Gasteiger partial charge is 0.453 e. The summed E-state index contributed by atoms with van der Waals surface area (Å²) in [6.07, 6.45) is 0.323. The second-order valence-electron chi connectivity index (χ2n) is 6.53. The Morgan fingerprint density at radius 2 is 1.50 bits per heavy atom. The molecule has 1 aromatic heterocycles. The molecule has 0 bridgehead atoms. The Bertz CT molecular complexity index is 663. The minimum atomic E-state index is -0.374. The molecule has 1 aliphatic rings. The molecule has 116 valence electrons. The van der Waals surface area contributed by atoms with Crippen LogP contribution in [0.5, 0.6) is 0 Å². The molecule has 2 aromatic rings. The number of ether oxygens (including phenoxy) is 2. The number of hydrogen-bond acceptors (Lipinski definition) is 4. The van der Waals surface area contributed by atoms with E-state index in [4.69, 9.17) is 13.9 Å². The van der Waals surface area contributed by atoms with Crippen molar-refractivity contribution in [1.29, 1.82) is 0 Å². The zero-order valence-electron chi connectivity index (χ0n) is 13.3. The number of benzene rings is 1. The quantitative estimate of drug-likeness (QED) is 0.790. The number of aldehydes is 1. The average Bonchev–Trinajstić information content (AvgIpc) is 3.02. The number of carbonyl (C=O) groups excluding carboxylic acids is 1.